The lowest BCUT2D eigenvalue weighted by Crippen LogP contribution is -2.30. The van der Waals surface area contributed by atoms with Crippen LogP contribution in [-0.4, -0.2) is 37.5 Å². The van der Waals surface area contributed by atoms with E-state index in [0.29, 0.717) is 29.2 Å². The van der Waals surface area contributed by atoms with E-state index < -0.39 is 17.5 Å². The topological polar surface area (TPSA) is 91.2 Å². The fourth-order valence-corrected chi connectivity index (χ4v) is 3.68. The zero-order chi connectivity index (χ0) is 20.6. The minimum atomic E-state index is -4.55. The third kappa shape index (κ3) is 3.95. The minimum Gasteiger partial charge on any atom is -0.507 e. The normalized spacial score (nSPS) is 20.0. The lowest BCUT2D eigenvalue weighted by molar-refractivity contribution is -0.137. The van der Waals surface area contributed by atoms with Crippen LogP contribution in [0.2, 0.25) is 0 Å². The van der Waals surface area contributed by atoms with E-state index >= 15 is 0 Å². The molecule has 0 radical (unpaired) electrons. The van der Waals surface area contributed by atoms with Crippen molar-refractivity contribution in [2.24, 2.45) is 0 Å². The Morgan fingerprint density at radius 2 is 1.93 bits per heavy atom. The molecular formula is C20H19F3N4O2. The lowest BCUT2D eigenvalue weighted by Gasteiger charge is -2.27. The number of aliphatic hydroxyl groups is 1. The van der Waals surface area contributed by atoms with Crippen LogP contribution in [0.1, 0.15) is 31.2 Å². The van der Waals surface area contributed by atoms with E-state index in [-0.39, 0.29) is 23.4 Å². The molecule has 29 heavy (non-hydrogen) atoms. The maximum absolute atomic E-state index is 12.9. The van der Waals surface area contributed by atoms with Gasteiger partial charge in [0, 0.05) is 23.2 Å². The van der Waals surface area contributed by atoms with Crippen LogP contribution in [0.4, 0.5) is 19.0 Å². The van der Waals surface area contributed by atoms with Crippen molar-refractivity contribution >= 4 is 16.7 Å². The van der Waals surface area contributed by atoms with Gasteiger partial charge in [-0.2, -0.15) is 13.2 Å². The van der Waals surface area contributed by atoms with Gasteiger partial charge < -0.3 is 15.5 Å². The highest BCUT2D eigenvalue weighted by molar-refractivity contribution is 5.98. The fraction of sp³-hybridized carbons (Fsp3) is 0.350. The van der Waals surface area contributed by atoms with E-state index in [1.54, 1.807) is 18.3 Å². The summed E-state index contributed by atoms with van der Waals surface area (Å²) in [6, 6.07) is 6.19. The second kappa shape index (κ2) is 7.47. The molecule has 1 fully saturated rings. The minimum absolute atomic E-state index is 0.0311. The third-order valence-corrected chi connectivity index (χ3v) is 5.10. The van der Waals surface area contributed by atoms with Gasteiger partial charge in [0.25, 0.3) is 0 Å². The second-order valence-corrected chi connectivity index (χ2v) is 7.19. The van der Waals surface area contributed by atoms with Gasteiger partial charge in [-0.1, -0.05) is 0 Å². The largest absolute Gasteiger partial charge is 0.507 e. The Hall–Kier alpha value is -2.94. The first kappa shape index (κ1) is 19.4. The summed E-state index contributed by atoms with van der Waals surface area (Å²) in [4.78, 5) is 4.35. The van der Waals surface area contributed by atoms with Crippen LogP contribution in [0.25, 0.3) is 22.2 Å². The Labute approximate surface area is 164 Å². The molecule has 0 bridgehead atoms. The van der Waals surface area contributed by atoms with E-state index in [4.69, 9.17) is 0 Å². The Morgan fingerprint density at radius 1 is 1.10 bits per heavy atom. The molecule has 1 aliphatic carbocycles. The number of benzene rings is 1. The molecule has 2 heterocycles. The number of nitrogens with one attached hydrogen (secondary N) is 1. The summed E-state index contributed by atoms with van der Waals surface area (Å²) in [5.74, 6) is -0.0924. The van der Waals surface area contributed by atoms with Crippen molar-refractivity contribution in [1.29, 1.82) is 0 Å². The number of pyridine rings is 1. The first-order valence-corrected chi connectivity index (χ1v) is 9.29. The monoisotopic (exact) mass is 404 g/mol. The smallest absolute Gasteiger partial charge is 0.416 e. The first-order chi connectivity index (χ1) is 13.8. The number of hydrogen-bond acceptors (Lipinski definition) is 6. The van der Waals surface area contributed by atoms with Gasteiger partial charge in [-0.25, -0.2) is 0 Å². The van der Waals surface area contributed by atoms with E-state index in [0.717, 1.165) is 25.3 Å². The fourth-order valence-electron chi connectivity index (χ4n) is 3.68. The molecule has 2 atom stereocenters. The number of anilines is 1. The summed E-state index contributed by atoms with van der Waals surface area (Å²) < 4.78 is 38.6. The highest BCUT2D eigenvalue weighted by atomic mass is 19.4. The zero-order valence-electron chi connectivity index (χ0n) is 15.3. The summed E-state index contributed by atoms with van der Waals surface area (Å²) in [7, 11) is 0. The molecule has 3 N–H and O–H groups in total. The standard InChI is InChI=1S/C20H19F3N4O2/c21-20(22,23)11-6-7-14(16(29)9-11)17-15-5-2-8-24-18(15)19(27-26-17)25-12-3-1-4-13(28)10-12/h2,5-9,12-13,28-29H,1,3-4,10H2,(H,25,27)/t12-,13+/m1/s1. The Balaban J connectivity index is 1.74. The predicted molar refractivity (Wildman–Crippen MR) is 101 cm³/mol. The van der Waals surface area contributed by atoms with Crippen molar-refractivity contribution in [3.05, 3.63) is 42.1 Å². The second-order valence-electron chi connectivity index (χ2n) is 7.19. The van der Waals surface area contributed by atoms with E-state index in [1.165, 1.54) is 6.07 Å². The van der Waals surface area contributed by atoms with E-state index in [9.17, 15) is 23.4 Å². The molecule has 0 spiro atoms. The van der Waals surface area contributed by atoms with Crippen molar-refractivity contribution in [2.45, 2.75) is 44.0 Å². The molecule has 3 aromatic rings. The first-order valence-electron chi connectivity index (χ1n) is 9.29. The van der Waals surface area contributed by atoms with Crippen LogP contribution in [0.3, 0.4) is 0 Å². The average molecular weight is 404 g/mol. The quantitative estimate of drug-likeness (QED) is 0.608. The molecular weight excluding hydrogens is 385 g/mol. The molecule has 6 nitrogen and oxygen atoms in total. The molecule has 1 aliphatic rings. The van der Waals surface area contributed by atoms with Crippen LogP contribution in [0.15, 0.2) is 36.5 Å². The Bertz CT molecular complexity index is 1040. The molecule has 1 aromatic carbocycles. The number of nitrogens with zero attached hydrogens (tertiary/aromatic N) is 3. The van der Waals surface area contributed by atoms with Crippen molar-refractivity contribution in [2.75, 3.05) is 5.32 Å². The lowest BCUT2D eigenvalue weighted by atomic mass is 9.93. The SMILES string of the molecule is Oc1cc(C(F)(F)F)ccc1-c1nnc(N[C@@H]2CCC[C@H](O)C2)c2ncccc12. The highest BCUT2D eigenvalue weighted by Crippen LogP contribution is 2.38. The number of phenols is 1. The predicted octanol–water partition coefficient (Wildman–Crippen LogP) is 4.13. The van der Waals surface area contributed by atoms with Crippen molar-refractivity contribution < 1.29 is 23.4 Å². The third-order valence-electron chi connectivity index (χ3n) is 5.10. The number of rotatable bonds is 3. The highest BCUT2D eigenvalue weighted by Gasteiger charge is 2.31. The molecule has 0 aliphatic heterocycles. The molecule has 0 unspecified atom stereocenters. The molecule has 0 saturated heterocycles. The van der Waals surface area contributed by atoms with Gasteiger partial charge in [-0.3, -0.25) is 4.98 Å². The molecule has 0 amide bonds. The number of halogens is 3. The Morgan fingerprint density at radius 3 is 2.66 bits per heavy atom. The molecule has 4 rings (SSSR count). The van der Waals surface area contributed by atoms with Crippen LogP contribution < -0.4 is 5.32 Å². The van der Waals surface area contributed by atoms with Gasteiger partial charge >= 0.3 is 6.18 Å². The molecule has 9 heteroatoms. The van der Waals surface area contributed by atoms with E-state index in [1.807, 2.05) is 0 Å². The van der Waals surface area contributed by atoms with Gasteiger partial charge in [-0.05, 0) is 56.0 Å². The molecule has 2 aromatic heterocycles. The maximum Gasteiger partial charge on any atom is 0.416 e. The summed E-state index contributed by atoms with van der Waals surface area (Å²) in [5, 5.41) is 32.2. The molecule has 152 valence electrons. The summed E-state index contributed by atoms with van der Waals surface area (Å²) in [5.41, 5.74) is -0.0585. The molecule has 1 saturated carbocycles. The number of phenolic OH excluding ortho intramolecular Hbond substituents is 1. The van der Waals surface area contributed by atoms with Gasteiger partial charge in [-0.15, -0.1) is 10.2 Å². The Kier molecular flexibility index (Phi) is 4.99. The van der Waals surface area contributed by atoms with Crippen molar-refractivity contribution in [3.63, 3.8) is 0 Å². The van der Waals surface area contributed by atoms with Crippen LogP contribution in [0, 0.1) is 0 Å². The van der Waals surface area contributed by atoms with Gasteiger partial charge in [0.2, 0.25) is 0 Å². The van der Waals surface area contributed by atoms with Crippen LogP contribution in [0.5, 0.6) is 5.75 Å². The maximum atomic E-state index is 12.9. The van der Waals surface area contributed by atoms with Gasteiger partial charge in [0.15, 0.2) is 5.82 Å². The number of fused-ring (bicyclic) bond motifs is 1. The number of hydrogen-bond donors (Lipinski definition) is 3. The van der Waals surface area contributed by atoms with E-state index in [2.05, 4.69) is 20.5 Å². The number of alkyl halides is 3. The zero-order valence-corrected chi connectivity index (χ0v) is 15.3. The number of aromatic hydroxyl groups is 1. The summed E-state index contributed by atoms with van der Waals surface area (Å²) in [6.07, 6.45) is -0.182. The number of aliphatic hydroxyl groups excluding tert-OH is 1. The van der Waals surface area contributed by atoms with Crippen molar-refractivity contribution in [3.8, 4) is 17.0 Å². The average Bonchev–Trinajstić information content (AvgIpc) is 2.68. The van der Waals surface area contributed by atoms with Gasteiger partial charge in [0.1, 0.15) is 17.0 Å². The van der Waals surface area contributed by atoms with Gasteiger partial charge in [0.05, 0.1) is 11.7 Å². The van der Waals surface area contributed by atoms with Crippen molar-refractivity contribution in [1.82, 2.24) is 15.2 Å². The van der Waals surface area contributed by atoms with Crippen LogP contribution >= 0.6 is 0 Å². The number of aromatic nitrogens is 3. The summed E-state index contributed by atoms with van der Waals surface area (Å²) >= 11 is 0. The van der Waals surface area contributed by atoms with Crippen LogP contribution in [-0.2, 0) is 6.18 Å². The summed E-state index contributed by atoms with van der Waals surface area (Å²) in [6.45, 7) is 0.